The van der Waals surface area contributed by atoms with Crippen LogP contribution in [-0.2, 0) is 4.74 Å². The predicted molar refractivity (Wildman–Crippen MR) is 65.6 cm³/mol. The van der Waals surface area contributed by atoms with Gasteiger partial charge in [-0.05, 0) is 20.3 Å². The summed E-state index contributed by atoms with van der Waals surface area (Å²) in [5, 5.41) is 0. The molecule has 3 nitrogen and oxygen atoms in total. The zero-order valence-corrected chi connectivity index (χ0v) is 9.81. The van der Waals surface area contributed by atoms with Gasteiger partial charge in [-0.3, -0.25) is 4.99 Å². The molecule has 1 aliphatic rings. The number of nitrogens with two attached hydrogens (primary N) is 1. The van der Waals surface area contributed by atoms with Crippen LogP contribution in [0.4, 0.5) is 0 Å². The summed E-state index contributed by atoms with van der Waals surface area (Å²) in [7, 11) is 0. The Morgan fingerprint density at radius 1 is 1.44 bits per heavy atom. The SMILES string of the molecule is CC1OCCC1(C)N=C(N)c1ccccc1. The summed E-state index contributed by atoms with van der Waals surface area (Å²) in [5.74, 6) is 0.598. The first-order valence-electron chi connectivity index (χ1n) is 5.64. The molecule has 16 heavy (non-hydrogen) atoms. The van der Waals surface area contributed by atoms with Gasteiger partial charge in [0.25, 0.3) is 0 Å². The third-order valence-electron chi connectivity index (χ3n) is 3.30. The Hall–Kier alpha value is -1.35. The summed E-state index contributed by atoms with van der Waals surface area (Å²) in [6.07, 6.45) is 1.07. The number of hydrogen-bond donors (Lipinski definition) is 1. The lowest BCUT2D eigenvalue weighted by molar-refractivity contribution is 0.101. The fourth-order valence-corrected chi connectivity index (χ4v) is 1.92. The lowest BCUT2D eigenvalue weighted by atomic mass is 9.95. The Labute approximate surface area is 96.3 Å². The third-order valence-corrected chi connectivity index (χ3v) is 3.30. The van der Waals surface area contributed by atoms with Gasteiger partial charge in [0.2, 0.25) is 0 Å². The van der Waals surface area contributed by atoms with Gasteiger partial charge >= 0.3 is 0 Å². The van der Waals surface area contributed by atoms with E-state index >= 15 is 0 Å². The van der Waals surface area contributed by atoms with Gasteiger partial charge in [0.05, 0.1) is 11.6 Å². The molecule has 2 rings (SSSR count). The summed E-state index contributed by atoms with van der Waals surface area (Å²) >= 11 is 0. The van der Waals surface area contributed by atoms with Crippen LogP contribution in [0.5, 0.6) is 0 Å². The molecule has 0 aromatic heterocycles. The summed E-state index contributed by atoms with van der Waals surface area (Å²) in [6.45, 7) is 4.92. The van der Waals surface area contributed by atoms with Crippen LogP contribution in [0.15, 0.2) is 35.3 Å². The maximum Gasteiger partial charge on any atom is 0.126 e. The summed E-state index contributed by atoms with van der Waals surface area (Å²) in [5.41, 5.74) is 6.81. The second-order valence-electron chi connectivity index (χ2n) is 4.48. The minimum absolute atomic E-state index is 0.134. The van der Waals surface area contributed by atoms with Gasteiger partial charge in [-0.15, -0.1) is 0 Å². The number of ether oxygens (including phenoxy) is 1. The van der Waals surface area contributed by atoms with Gasteiger partial charge in [0, 0.05) is 12.2 Å². The highest BCUT2D eigenvalue weighted by atomic mass is 16.5. The number of aliphatic imine (C=N–C) groups is 1. The van der Waals surface area contributed by atoms with E-state index in [0.717, 1.165) is 18.6 Å². The smallest absolute Gasteiger partial charge is 0.126 e. The quantitative estimate of drug-likeness (QED) is 0.609. The van der Waals surface area contributed by atoms with Crippen molar-refractivity contribution in [1.82, 2.24) is 0 Å². The monoisotopic (exact) mass is 218 g/mol. The molecule has 0 aliphatic carbocycles. The molecule has 1 aromatic rings. The summed E-state index contributed by atoms with van der Waals surface area (Å²) in [6, 6.07) is 9.86. The standard InChI is InChI=1S/C13H18N2O/c1-10-13(2,8-9-16-10)15-12(14)11-6-4-3-5-7-11/h3-7,10H,8-9H2,1-2H3,(H2,14,15). The highest BCUT2D eigenvalue weighted by molar-refractivity contribution is 5.97. The molecule has 0 amide bonds. The van der Waals surface area contributed by atoms with Crippen molar-refractivity contribution in [1.29, 1.82) is 0 Å². The number of rotatable bonds is 2. The molecule has 1 heterocycles. The average Bonchev–Trinajstić information content (AvgIpc) is 2.60. The zero-order valence-electron chi connectivity index (χ0n) is 9.81. The molecule has 1 aliphatic heterocycles. The van der Waals surface area contributed by atoms with Gasteiger partial charge in [0.15, 0.2) is 0 Å². The first kappa shape index (κ1) is 11.1. The summed E-state index contributed by atoms with van der Waals surface area (Å²) < 4.78 is 5.54. The molecule has 0 saturated carbocycles. The molecule has 1 aromatic carbocycles. The molecule has 2 N–H and O–H groups in total. The van der Waals surface area contributed by atoms with Crippen LogP contribution >= 0.6 is 0 Å². The Balaban J connectivity index is 2.24. The Morgan fingerprint density at radius 3 is 2.69 bits per heavy atom. The normalized spacial score (nSPS) is 30.6. The number of benzene rings is 1. The van der Waals surface area contributed by atoms with Gasteiger partial charge in [0.1, 0.15) is 5.84 Å². The van der Waals surface area contributed by atoms with E-state index in [4.69, 9.17) is 10.5 Å². The Bertz CT molecular complexity index is 388. The van der Waals surface area contributed by atoms with Crippen LogP contribution in [0.1, 0.15) is 25.8 Å². The van der Waals surface area contributed by atoms with Crippen LogP contribution in [-0.4, -0.2) is 24.1 Å². The molecule has 3 heteroatoms. The fourth-order valence-electron chi connectivity index (χ4n) is 1.92. The van der Waals surface area contributed by atoms with E-state index in [9.17, 15) is 0 Å². The molecule has 86 valence electrons. The number of amidine groups is 1. The van der Waals surface area contributed by atoms with Crippen LogP contribution < -0.4 is 5.73 Å². The van der Waals surface area contributed by atoms with E-state index in [-0.39, 0.29) is 11.6 Å². The summed E-state index contributed by atoms with van der Waals surface area (Å²) in [4.78, 5) is 4.63. The maximum atomic E-state index is 6.02. The van der Waals surface area contributed by atoms with Crippen molar-refractivity contribution in [3.05, 3.63) is 35.9 Å². The van der Waals surface area contributed by atoms with Crippen molar-refractivity contribution < 1.29 is 4.74 Å². The van der Waals surface area contributed by atoms with Gasteiger partial charge < -0.3 is 10.5 Å². The largest absolute Gasteiger partial charge is 0.383 e. The van der Waals surface area contributed by atoms with Gasteiger partial charge in [-0.2, -0.15) is 0 Å². The third kappa shape index (κ3) is 2.09. The van der Waals surface area contributed by atoms with E-state index in [0.29, 0.717) is 5.84 Å². The first-order valence-corrected chi connectivity index (χ1v) is 5.64. The lowest BCUT2D eigenvalue weighted by Gasteiger charge is -2.23. The Morgan fingerprint density at radius 2 is 2.12 bits per heavy atom. The van der Waals surface area contributed by atoms with E-state index in [1.54, 1.807) is 0 Å². The number of nitrogens with zero attached hydrogens (tertiary/aromatic N) is 1. The van der Waals surface area contributed by atoms with Crippen LogP contribution in [0.25, 0.3) is 0 Å². The molecular weight excluding hydrogens is 200 g/mol. The Kier molecular flexibility index (Phi) is 2.97. The van der Waals surface area contributed by atoms with E-state index in [1.807, 2.05) is 30.3 Å². The molecule has 2 unspecified atom stereocenters. The van der Waals surface area contributed by atoms with E-state index in [2.05, 4.69) is 18.8 Å². The van der Waals surface area contributed by atoms with Crippen LogP contribution in [0.3, 0.4) is 0 Å². The second kappa shape index (κ2) is 4.26. The molecule has 1 fully saturated rings. The molecule has 2 atom stereocenters. The average molecular weight is 218 g/mol. The van der Waals surface area contributed by atoms with E-state index in [1.165, 1.54) is 0 Å². The lowest BCUT2D eigenvalue weighted by Crippen LogP contribution is -2.33. The molecule has 0 bridgehead atoms. The fraction of sp³-hybridized carbons (Fsp3) is 0.462. The first-order chi connectivity index (χ1) is 7.62. The highest BCUT2D eigenvalue weighted by Crippen LogP contribution is 2.29. The van der Waals surface area contributed by atoms with Crippen molar-refractivity contribution in [3.8, 4) is 0 Å². The predicted octanol–water partition coefficient (Wildman–Crippen LogP) is 1.96. The maximum absolute atomic E-state index is 6.02. The van der Waals surface area contributed by atoms with Crippen molar-refractivity contribution in [2.75, 3.05) is 6.61 Å². The van der Waals surface area contributed by atoms with Crippen LogP contribution in [0, 0.1) is 0 Å². The van der Waals surface area contributed by atoms with Crippen LogP contribution in [0.2, 0.25) is 0 Å². The van der Waals surface area contributed by atoms with Gasteiger partial charge in [-0.1, -0.05) is 30.3 Å². The van der Waals surface area contributed by atoms with Gasteiger partial charge in [-0.25, -0.2) is 0 Å². The van der Waals surface area contributed by atoms with Crippen molar-refractivity contribution >= 4 is 5.84 Å². The topological polar surface area (TPSA) is 47.6 Å². The minimum Gasteiger partial charge on any atom is -0.383 e. The molecule has 1 saturated heterocycles. The van der Waals surface area contributed by atoms with Crippen molar-refractivity contribution in [2.24, 2.45) is 10.7 Å². The zero-order chi connectivity index (χ0) is 11.6. The van der Waals surface area contributed by atoms with Crippen molar-refractivity contribution in [3.63, 3.8) is 0 Å². The second-order valence-corrected chi connectivity index (χ2v) is 4.48. The molecular formula is C13H18N2O. The molecule has 0 spiro atoms. The minimum atomic E-state index is -0.181. The highest BCUT2D eigenvalue weighted by Gasteiger charge is 2.36. The van der Waals surface area contributed by atoms with Crippen molar-refractivity contribution in [2.45, 2.75) is 31.9 Å². The van der Waals surface area contributed by atoms with E-state index < -0.39 is 0 Å². The number of hydrogen-bond acceptors (Lipinski definition) is 2. The molecule has 0 radical (unpaired) electrons.